The molecule has 1 unspecified atom stereocenters. The summed E-state index contributed by atoms with van der Waals surface area (Å²) in [5.41, 5.74) is 2.12. The molecule has 1 N–H and O–H groups in total. The van der Waals surface area contributed by atoms with Crippen molar-refractivity contribution in [3.05, 3.63) is 35.4 Å². The SMILES string of the molecule is CNC(=O)C(Cl)c1ccc(CC(C)C)cc1. The highest BCUT2D eigenvalue weighted by Crippen LogP contribution is 2.21. The van der Waals surface area contributed by atoms with Crippen LogP contribution in [0.4, 0.5) is 0 Å². The van der Waals surface area contributed by atoms with E-state index in [0.717, 1.165) is 12.0 Å². The van der Waals surface area contributed by atoms with Crippen LogP contribution in [-0.2, 0) is 11.2 Å². The van der Waals surface area contributed by atoms with Crippen molar-refractivity contribution in [2.45, 2.75) is 25.6 Å². The van der Waals surface area contributed by atoms with Crippen molar-refractivity contribution in [2.75, 3.05) is 7.05 Å². The molecular weight excluding hydrogens is 222 g/mol. The van der Waals surface area contributed by atoms with E-state index >= 15 is 0 Å². The smallest absolute Gasteiger partial charge is 0.242 e. The molecule has 0 aliphatic rings. The molecule has 1 atom stereocenters. The zero-order chi connectivity index (χ0) is 12.1. The van der Waals surface area contributed by atoms with Gasteiger partial charge in [0, 0.05) is 7.05 Å². The molecule has 0 saturated carbocycles. The number of hydrogen-bond acceptors (Lipinski definition) is 1. The van der Waals surface area contributed by atoms with Gasteiger partial charge in [-0.2, -0.15) is 0 Å². The lowest BCUT2D eigenvalue weighted by Gasteiger charge is -2.10. The van der Waals surface area contributed by atoms with Gasteiger partial charge in [-0.05, 0) is 23.5 Å². The van der Waals surface area contributed by atoms with Crippen LogP contribution in [0.15, 0.2) is 24.3 Å². The van der Waals surface area contributed by atoms with Crippen LogP contribution in [-0.4, -0.2) is 13.0 Å². The standard InChI is InChI=1S/C13H18ClNO/c1-9(2)8-10-4-6-11(7-5-10)12(14)13(16)15-3/h4-7,9,12H,8H2,1-3H3,(H,15,16). The molecule has 1 amide bonds. The minimum absolute atomic E-state index is 0.168. The molecule has 16 heavy (non-hydrogen) atoms. The number of alkyl halides is 1. The van der Waals surface area contributed by atoms with Crippen molar-refractivity contribution in [2.24, 2.45) is 5.92 Å². The third-order valence-corrected chi connectivity index (χ3v) is 2.84. The first-order chi connectivity index (χ1) is 7.54. The Kier molecular flexibility index (Phi) is 4.81. The highest BCUT2D eigenvalue weighted by Gasteiger charge is 2.15. The number of rotatable bonds is 4. The van der Waals surface area contributed by atoms with E-state index in [1.54, 1.807) is 7.05 Å². The first-order valence-electron chi connectivity index (χ1n) is 5.49. The zero-order valence-corrected chi connectivity index (χ0v) is 10.7. The average molecular weight is 240 g/mol. The topological polar surface area (TPSA) is 29.1 Å². The largest absolute Gasteiger partial charge is 0.358 e. The molecular formula is C13H18ClNO. The van der Waals surface area contributed by atoms with Crippen LogP contribution in [0.1, 0.15) is 30.4 Å². The lowest BCUT2D eigenvalue weighted by molar-refractivity contribution is -0.120. The first-order valence-corrected chi connectivity index (χ1v) is 5.92. The number of halogens is 1. The summed E-state index contributed by atoms with van der Waals surface area (Å²) in [6, 6.07) is 7.91. The lowest BCUT2D eigenvalue weighted by atomic mass is 10.0. The Hall–Kier alpha value is -1.02. The van der Waals surface area contributed by atoms with Gasteiger partial charge in [-0.1, -0.05) is 38.1 Å². The average Bonchev–Trinajstić information content (AvgIpc) is 2.27. The Bertz CT molecular complexity index is 345. The van der Waals surface area contributed by atoms with Crippen LogP contribution < -0.4 is 5.32 Å². The second-order valence-corrected chi connectivity index (χ2v) is 4.75. The molecule has 0 fully saturated rings. The van der Waals surface area contributed by atoms with Gasteiger partial charge < -0.3 is 5.32 Å². The summed E-state index contributed by atoms with van der Waals surface area (Å²) in [4.78, 5) is 11.3. The van der Waals surface area contributed by atoms with Crippen molar-refractivity contribution in [3.8, 4) is 0 Å². The van der Waals surface area contributed by atoms with Gasteiger partial charge in [-0.25, -0.2) is 0 Å². The van der Waals surface area contributed by atoms with E-state index in [4.69, 9.17) is 11.6 Å². The van der Waals surface area contributed by atoms with Crippen LogP contribution in [0.25, 0.3) is 0 Å². The quantitative estimate of drug-likeness (QED) is 0.805. The number of hydrogen-bond donors (Lipinski definition) is 1. The maximum absolute atomic E-state index is 11.3. The summed E-state index contributed by atoms with van der Waals surface area (Å²) in [6.45, 7) is 4.37. The van der Waals surface area contributed by atoms with Gasteiger partial charge in [0.25, 0.3) is 0 Å². The third-order valence-electron chi connectivity index (χ3n) is 2.39. The normalized spacial score (nSPS) is 12.6. The Morgan fingerprint density at radius 1 is 1.31 bits per heavy atom. The predicted octanol–water partition coefficient (Wildman–Crippen LogP) is 2.91. The maximum Gasteiger partial charge on any atom is 0.242 e. The fourth-order valence-electron chi connectivity index (χ4n) is 1.57. The van der Waals surface area contributed by atoms with Gasteiger partial charge in [-0.3, -0.25) is 4.79 Å². The monoisotopic (exact) mass is 239 g/mol. The summed E-state index contributed by atoms with van der Waals surface area (Å²) in [5.74, 6) is 0.467. The highest BCUT2D eigenvalue weighted by atomic mass is 35.5. The van der Waals surface area contributed by atoms with Gasteiger partial charge in [0.2, 0.25) is 5.91 Å². The van der Waals surface area contributed by atoms with Crippen LogP contribution >= 0.6 is 11.6 Å². The van der Waals surface area contributed by atoms with E-state index < -0.39 is 5.38 Å². The number of benzene rings is 1. The number of amides is 1. The molecule has 1 rings (SSSR count). The van der Waals surface area contributed by atoms with Gasteiger partial charge in [0.1, 0.15) is 5.38 Å². The number of carbonyl (C=O) groups excluding carboxylic acids is 1. The minimum Gasteiger partial charge on any atom is -0.358 e. The molecule has 0 bridgehead atoms. The molecule has 0 spiro atoms. The molecule has 0 radical (unpaired) electrons. The summed E-state index contributed by atoms with van der Waals surface area (Å²) in [5, 5.41) is 1.94. The molecule has 1 aromatic carbocycles. The fourth-order valence-corrected chi connectivity index (χ4v) is 1.83. The van der Waals surface area contributed by atoms with Crippen molar-refractivity contribution in [1.82, 2.24) is 5.32 Å². The Morgan fingerprint density at radius 2 is 1.88 bits per heavy atom. The van der Waals surface area contributed by atoms with Crippen LogP contribution in [0.5, 0.6) is 0 Å². The molecule has 0 aliphatic heterocycles. The molecule has 0 heterocycles. The van der Waals surface area contributed by atoms with E-state index in [2.05, 4.69) is 19.2 Å². The Balaban J connectivity index is 2.74. The van der Waals surface area contributed by atoms with Gasteiger partial charge in [0.05, 0.1) is 0 Å². The van der Waals surface area contributed by atoms with Gasteiger partial charge >= 0.3 is 0 Å². The van der Waals surface area contributed by atoms with Crippen molar-refractivity contribution in [1.29, 1.82) is 0 Å². The molecule has 0 aromatic heterocycles. The molecule has 88 valence electrons. The van der Waals surface area contributed by atoms with E-state index in [-0.39, 0.29) is 5.91 Å². The maximum atomic E-state index is 11.3. The van der Waals surface area contributed by atoms with Crippen LogP contribution in [0, 0.1) is 5.92 Å². The Morgan fingerprint density at radius 3 is 2.31 bits per heavy atom. The van der Waals surface area contributed by atoms with Crippen molar-refractivity contribution < 1.29 is 4.79 Å². The van der Waals surface area contributed by atoms with Crippen molar-refractivity contribution >= 4 is 17.5 Å². The summed E-state index contributed by atoms with van der Waals surface area (Å²) in [7, 11) is 1.59. The van der Waals surface area contributed by atoms with E-state index in [0.29, 0.717) is 5.92 Å². The minimum atomic E-state index is -0.599. The van der Waals surface area contributed by atoms with Crippen LogP contribution in [0.2, 0.25) is 0 Å². The van der Waals surface area contributed by atoms with E-state index in [1.165, 1.54) is 5.56 Å². The summed E-state index contributed by atoms with van der Waals surface area (Å²) < 4.78 is 0. The lowest BCUT2D eigenvalue weighted by Crippen LogP contribution is -2.22. The van der Waals surface area contributed by atoms with E-state index in [9.17, 15) is 4.79 Å². The molecule has 1 aromatic rings. The van der Waals surface area contributed by atoms with Gasteiger partial charge in [-0.15, -0.1) is 11.6 Å². The second kappa shape index (κ2) is 5.90. The summed E-state index contributed by atoms with van der Waals surface area (Å²) in [6.07, 6.45) is 1.05. The van der Waals surface area contributed by atoms with Crippen LogP contribution in [0.3, 0.4) is 0 Å². The third kappa shape index (κ3) is 3.53. The first kappa shape index (κ1) is 13.0. The number of nitrogens with one attached hydrogen (secondary N) is 1. The zero-order valence-electron chi connectivity index (χ0n) is 9.96. The number of likely N-dealkylation sites (N-methyl/N-ethyl adjacent to an activating group) is 1. The molecule has 0 saturated heterocycles. The van der Waals surface area contributed by atoms with E-state index in [1.807, 2.05) is 24.3 Å². The van der Waals surface area contributed by atoms with Crippen molar-refractivity contribution in [3.63, 3.8) is 0 Å². The molecule has 0 aliphatic carbocycles. The van der Waals surface area contributed by atoms with Gasteiger partial charge in [0.15, 0.2) is 0 Å². The fraction of sp³-hybridized carbons (Fsp3) is 0.462. The molecule has 2 nitrogen and oxygen atoms in total. The molecule has 3 heteroatoms. The predicted molar refractivity (Wildman–Crippen MR) is 67.6 cm³/mol. The Labute approximate surface area is 102 Å². The highest BCUT2D eigenvalue weighted by molar-refractivity contribution is 6.30. The number of carbonyl (C=O) groups is 1. The summed E-state index contributed by atoms with van der Waals surface area (Å²) >= 11 is 6.00. The second-order valence-electron chi connectivity index (χ2n) is 4.32.